The molecule has 1 N–H and O–H groups in total. The van der Waals surface area contributed by atoms with E-state index >= 15 is 0 Å². The third kappa shape index (κ3) is 5.17. The van der Waals surface area contributed by atoms with Crippen LogP contribution in [0.3, 0.4) is 0 Å². The van der Waals surface area contributed by atoms with Gasteiger partial charge in [0.25, 0.3) is 0 Å². The van der Waals surface area contributed by atoms with E-state index in [1.165, 1.54) is 5.56 Å². The Kier molecular flexibility index (Phi) is 7.65. The van der Waals surface area contributed by atoms with E-state index in [1.807, 2.05) is 60.7 Å². The highest BCUT2D eigenvalue weighted by Crippen LogP contribution is 2.59. The molecular weight excluding hydrogens is 612 g/mol. The van der Waals surface area contributed by atoms with Gasteiger partial charge in [-0.1, -0.05) is 62.1 Å². The number of fused-ring (bicyclic) bond motifs is 8. The first-order chi connectivity index (χ1) is 23.4. The van der Waals surface area contributed by atoms with Crippen molar-refractivity contribution in [3.05, 3.63) is 118 Å². The fourth-order valence-corrected chi connectivity index (χ4v) is 7.27. The fourth-order valence-electron chi connectivity index (χ4n) is 7.27. The molecule has 0 fully saturated rings. The summed E-state index contributed by atoms with van der Waals surface area (Å²) in [6.45, 7) is 7.88. The minimum absolute atomic E-state index is 0.406. The molecule has 0 saturated heterocycles. The maximum Gasteiger partial charge on any atom is 0.178 e. The molecule has 1 aliphatic carbocycles. The third-order valence-electron chi connectivity index (χ3n) is 9.69. The number of benzene rings is 5. The van der Waals surface area contributed by atoms with E-state index in [9.17, 15) is 5.11 Å². The lowest BCUT2D eigenvalue weighted by Gasteiger charge is -2.38. The van der Waals surface area contributed by atoms with Crippen LogP contribution < -0.4 is 23.7 Å². The second-order valence-electron chi connectivity index (χ2n) is 13.6. The minimum Gasteiger partial charge on any atom is -0.497 e. The lowest BCUT2D eigenvalue weighted by molar-refractivity contribution is 0.143. The molecule has 0 bridgehead atoms. The summed E-state index contributed by atoms with van der Waals surface area (Å²) in [4.78, 5) is 0. The summed E-state index contributed by atoms with van der Waals surface area (Å²) in [5.74, 6) is 9.69. The number of ether oxygens (including phenoxy) is 5. The number of rotatable bonds is 6. The van der Waals surface area contributed by atoms with Gasteiger partial charge in [-0.25, -0.2) is 0 Å². The summed E-state index contributed by atoms with van der Waals surface area (Å²) in [6, 6.07) is 26.4. The normalized spacial score (nSPS) is 14.9. The highest BCUT2D eigenvalue weighted by Gasteiger charge is 2.44. The molecule has 6 heteroatoms. The van der Waals surface area contributed by atoms with E-state index in [1.54, 1.807) is 42.3 Å². The zero-order chi connectivity index (χ0) is 34.7. The van der Waals surface area contributed by atoms with Crippen molar-refractivity contribution in [2.75, 3.05) is 28.4 Å². The lowest BCUT2D eigenvalue weighted by atomic mass is 9.76. The maximum atomic E-state index is 10.3. The van der Waals surface area contributed by atoms with Crippen LogP contribution in [0.15, 0.2) is 84.9 Å². The van der Waals surface area contributed by atoms with E-state index < -0.39 is 16.6 Å². The van der Waals surface area contributed by atoms with E-state index in [0.29, 0.717) is 11.5 Å². The van der Waals surface area contributed by atoms with Gasteiger partial charge in [0, 0.05) is 33.1 Å². The highest BCUT2D eigenvalue weighted by atomic mass is 16.5. The first-order valence-electron chi connectivity index (χ1n) is 16.3. The van der Waals surface area contributed by atoms with E-state index in [4.69, 9.17) is 23.7 Å². The standard InChI is InChI=1S/C43H40O6/c1-41(2,44)21-19-26-9-18-31-35(23-26)42(3,4)39-32-20-22-43(27-10-14-29(45-5)15-11-27,28-12-16-30(46-6)17-13-28)49-40(32)34-25-37(48-8)36(47-7)24-33(34)38(31)39/h9-18,20,22-25,44H,1-8H3. The Morgan fingerprint density at radius 3 is 1.82 bits per heavy atom. The fraction of sp³-hybridized carbons (Fsp3) is 0.256. The van der Waals surface area contributed by atoms with Gasteiger partial charge in [-0.05, 0) is 96.1 Å². The molecular formula is C43H40O6. The Hall–Kier alpha value is -5.38. The summed E-state index contributed by atoms with van der Waals surface area (Å²) in [5, 5.41) is 12.2. The van der Waals surface area contributed by atoms with Gasteiger partial charge >= 0.3 is 0 Å². The second kappa shape index (κ2) is 11.6. The quantitative estimate of drug-likeness (QED) is 0.185. The number of methoxy groups -OCH3 is 4. The average Bonchev–Trinajstić information content (AvgIpc) is 3.35. The van der Waals surface area contributed by atoms with Crippen molar-refractivity contribution in [1.82, 2.24) is 0 Å². The Balaban J connectivity index is 1.53. The van der Waals surface area contributed by atoms with Gasteiger partial charge in [-0.3, -0.25) is 0 Å². The van der Waals surface area contributed by atoms with Crippen LogP contribution in [0.4, 0.5) is 0 Å². The van der Waals surface area contributed by atoms with Crippen LogP contribution in [0.1, 0.15) is 61.1 Å². The van der Waals surface area contributed by atoms with Gasteiger partial charge in [0.05, 0.1) is 28.4 Å². The molecule has 0 atom stereocenters. The lowest BCUT2D eigenvalue weighted by Crippen LogP contribution is -2.35. The maximum absolute atomic E-state index is 10.3. The number of hydrogen-bond donors (Lipinski definition) is 1. The van der Waals surface area contributed by atoms with Gasteiger partial charge in [-0.15, -0.1) is 0 Å². The van der Waals surface area contributed by atoms with Crippen LogP contribution >= 0.6 is 0 Å². The van der Waals surface area contributed by atoms with E-state index in [2.05, 4.69) is 56.0 Å². The molecule has 0 amide bonds. The van der Waals surface area contributed by atoms with Crippen molar-refractivity contribution < 1.29 is 28.8 Å². The largest absolute Gasteiger partial charge is 0.497 e. The first kappa shape index (κ1) is 32.2. The Bertz CT molecular complexity index is 2140. The summed E-state index contributed by atoms with van der Waals surface area (Å²) in [6.07, 6.45) is 4.37. The predicted octanol–water partition coefficient (Wildman–Crippen LogP) is 8.65. The summed E-state index contributed by atoms with van der Waals surface area (Å²) >= 11 is 0. The zero-order valence-corrected chi connectivity index (χ0v) is 29.1. The summed E-state index contributed by atoms with van der Waals surface area (Å²) < 4.78 is 30.1. The van der Waals surface area contributed by atoms with Gasteiger partial charge in [-0.2, -0.15) is 0 Å². The number of hydrogen-bond acceptors (Lipinski definition) is 6. The Labute approximate surface area is 287 Å². The van der Waals surface area contributed by atoms with Gasteiger partial charge < -0.3 is 28.8 Å². The molecule has 6 nitrogen and oxygen atoms in total. The molecule has 1 heterocycles. The third-order valence-corrected chi connectivity index (χ3v) is 9.69. The zero-order valence-electron chi connectivity index (χ0n) is 29.1. The van der Waals surface area contributed by atoms with Crippen LogP contribution in [0.2, 0.25) is 0 Å². The van der Waals surface area contributed by atoms with Crippen molar-refractivity contribution in [3.63, 3.8) is 0 Å². The molecule has 1 aliphatic heterocycles. The molecule has 0 aromatic heterocycles. The smallest absolute Gasteiger partial charge is 0.178 e. The molecule has 0 unspecified atom stereocenters. The molecule has 0 spiro atoms. The topological polar surface area (TPSA) is 66.4 Å². The Morgan fingerprint density at radius 2 is 1.29 bits per heavy atom. The van der Waals surface area contributed by atoms with E-state index in [0.717, 1.165) is 67.0 Å². The molecule has 248 valence electrons. The van der Waals surface area contributed by atoms with Crippen molar-refractivity contribution in [2.24, 2.45) is 0 Å². The van der Waals surface area contributed by atoms with Crippen LogP contribution in [-0.2, 0) is 11.0 Å². The SMILES string of the molecule is COc1ccc(C2(c3ccc(OC)cc3)C=Cc3c4c(c5cc(OC)c(OC)cc5c3O2)-c2ccc(C#CC(C)(C)O)cc2C4(C)C)cc1. The minimum atomic E-state index is -1.09. The van der Waals surface area contributed by atoms with Crippen molar-refractivity contribution in [2.45, 2.75) is 44.3 Å². The highest BCUT2D eigenvalue weighted by molar-refractivity contribution is 6.09. The monoisotopic (exact) mass is 652 g/mol. The average molecular weight is 653 g/mol. The summed E-state index contributed by atoms with van der Waals surface area (Å²) in [5.41, 5.74) is 5.89. The first-order valence-corrected chi connectivity index (χ1v) is 16.3. The molecule has 0 saturated carbocycles. The molecule has 7 rings (SSSR count). The second-order valence-corrected chi connectivity index (χ2v) is 13.6. The molecule has 2 aliphatic rings. The van der Waals surface area contributed by atoms with Crippen LogP contribution in [0.25, 0.3) is 28.0 Å². The number of aliphatic hydroxyl groups is 1. The molecule has 0 radical (unpaired) electrons. The van der Waals surface area contributed by atoms with Crippen molar-refractivity contribution in [1.29, 1.82) is 0 Å². The van der Waals surface area contributed by atoms with Crippen molar-refractivity contribution >= 4 is 16.8 Å². The Morgan fingerprint density at radius 1 is 0.714 bits per heavy atom. The molecule has 5 aromatic rings. The van der Waals surface area contributed by atoms with E-state index in [-0.39, 0.29) is 0 Å². The van der Waals surface area contributed by atoms with Gasteiger partial charge in [0.2, 0.25) is 0 Å². The predicted molar refractivity (Wildman–Crippen MR) is 194 cm³/mol. The van der Waals surface area contributed by atoms with Crippen LogP contribution in [0, 0.1) is 11.8 Å². The molecule has 49 heavy (non-hydrogen) atoms. The van der Waals surface area contributed by atoms with Crippen LogP contribution in [0.5, 0.6) is 28.7 Å². The van der Waals surface area contributed by atoms with Gasteiger partial charge in [0.15, 0.2) is 17.1 Å². The molecule has 5 aromatic carbocycles. The summed E-state index contributed by atoms with van der Waals surface area (Å²) in [7, 11) is 6.64. The van der Waals surface area contributed by atoms with Gasteiger partial charge in [0.1, 0.15) is 22.8 Å². The van der Waals surface area contributed by atoms with Crippen LogP contribution in [-0.4, -0.2) is 39.1 Å². The van der Waals surface area contributed by atoms with Crippen molar-refractivity contribution in [3.8, 4) is 51.7 Å².